The first kappa shape index (κ1) is 51.0. The maximum absolute atomic E-state index is 12.9. The summed E-state index contributed by atoms with van der Waals surface area (Å²) in [5, 5.41) is 21.2. The molecule has 4 aromatic heterocycles. The van der Waals surface area contributed by atoms with E-state index in [2.05, 4.69) is 329 Å². The number of hydrogen-bond donors (Lipinski definition) is 0. The van der Waals surface area contributed by atoms with E-state index < -0.39 is 0 Å². The van der Waals surface area contributed by atoms with Crippen molar-refractivity contribution in [1.29, 1.82) is 5.26 Å². The summed E-state index contributed by atoms with van der Waals surface area (Å²) in [7, 11) is 0. The predicted octanol–water partition coefficient (Wildman–Crippen LogP) is 22.8. The van der Waals surface area contributed by atoms with E-state index in [0.717, 1.165) is 160 Å². The van der Waals surface area contributed by atoms with Crippen molar-refractivity contribution in [2.45, 2.75) is 0 Å². The van der Waals surface area contributed by atoms with Gasteiger partial charge in [0, 0.05) is 37.7 Å². The zero-order valence-electron chi connectivity index (χ0n) is 48.7. The monoisotopic (exact) mass is 1140 g/mol. The number of benzene rings is 14. The Hall–Kier alpha value is -12.2. The lowest BCUT2D eigenvalue weighted by Gasteiger charge is -2.23. The molecule has 0 N–H and O–H groups in total. The fourth-order valence-electron chi connectivity index (χ4n) is 14.3. The van der Waals surface area contributed by atoms with Crippen LogP contribution in [0.3, 0.4) is 0 Å². The summed E-state index contributed by atoms with van der Waals surface area (Å²) in [5.41, 5.74) is 23.3. The molecular weight excluding hydrogens is 1090 g/mol. The van der Waals surface area contributed by atoms with E-state index in [1.54, 1.807) is 0 Å². The molecule has 0 aliphatic rings. The van der Waals surface area contributed by atoms with Gasteiger partial charge in [0.05, 0.1) is 49.9 Å². The Morgan fingerprint density at radius 3 is 0.778 bits per heavy atom. The van der Waals surface area contributed by atoms with Gasteiger partial charge >= 0.3 is 0 Å². The first-order valence-corrected chi connectivity index (χ1v) is 30.6. The first-order chi connectivity index (χ1) is 44.6. The molecular formula is C85H52N4O. The molecule has 0 saturated carbocycles. The van der Waals surface area contributed by atoms with Crippen LogP contribution in [0.2, 0.25) is 0 Å². The Balaban J connectivity index is 1.05. The third kappa shape index (κ3) is 7.95. The summed E-state index contributed by atoms with van der Waals surface area (Å²) in [6.45, 7) is 0. The lowest BCUT2D eigenvalue weighted by Crippen LogP contribution is -2.11. The Morgan fingerprint density at radius 2 is 0.489 bits per heavy atom. The number of para-hydroxylation sites is 1. The molecule has 0 spiro atoms. The van der Waals surface area contributed by atoms with Crippen LogP contribution in [-0.4, -0.2) is 13.7 Å². The highest BCUT2D eigenvalue weighted by molar-refractivity contribution is 6.22. The van der Waals surface area contributed by atoms with Gasteiger partial charge in [0.1, 0.15) is 22.9 Å². The number of furan rings is 1. The third-order valence-electron chi connectivity index (χ3n) is 18.5. The van der Waals surface area contributed by atoms with E-state index in [0.29, 0.717) is 16.8 Å². The molecule has 0 aliphatic carbocycles. The van der Waals surface area contributed by atoms with Crippen LogP contribution in [0.5, 0.6) is 0 Å². The zero-order valence-corrected chi connectivity index (χ0v) is 48.7. The smallest absolute Gasteiger partial charge is 0.163 e. The van der Waals surface area contributed by atoms with Crippen molar-refractivity contribution in [2.75, 3.05) is 0 Å². The maximum atomic E-state index is 12.9. The topological polar surface area (TPSA) is 51.7 Å². The highest BCUT2D eigenvalue weighted by Gasteiger charge is 2.33. The van der Waals surface area contributed by atoms with Gasteiger partial charge in [0.15, 0.2) is 5.58 Å². The summed E-state index contributed by atoms with van der Waals surface area (Å²) >= 11 is 0. The van der Waals surface area contributed by atoms with Crippen LogP contribution in [-0.2, 0) is 0 Å². The van der Waals surface area contributed by atoms with Gasteiger partial charge in [-0.25, -0.2) is 0 Å². The second kappa shape index (κ2) is 20.5. The molecule has 0 atom stereocenters. The number of nitrogens with zero attached hydrogens (tertiary/aromatic N) is 4. The SMILES string of the molecule is N#Cc1c(-n2c3ccc(-c4ccccc4)cc3c3cc(-c4ccccc4)ccc32)c(-n2c3ccc(-c4ccccc4)cc3c3cc(-c4ccccc4)ccc32)c2c(oc3ccccc32)c1-n1c2ccc(-c3ccccc3)cc2c2cc(-c3ccccc3)ccc21. The Labute approximate surface area is 518 Å². The normalized spacial score (nSPS) is 11.8. The largest absolute Gasteiger partial charge is 0.454 e. The number of aromatic nitrogens is 3. The van der Waals surface area contributed by atoms with Crippen molar-refractivity contribution in [2.24, 2.45) is 0 Å². The highest BCUT2D eigenvalue weighted by atomic mass is 16.3. The Bertz CT molecular complexity index is 5640. The average Bonchev–Trinajstić information content (AvgIpc) is 1.51. The molecule has 4 heterocycles. The Morgan fingerprint density at radius 1 is 0.233 bits per heavy atom. The van der Waals surface area contributed by atoms with Gasteiger partial charge in [-0.15, -0.1) is 0 Å². The molecule has 90 heavy (non-hydrogen) atoms. The molecule has 0 radical (unpaired) electrons. The summed E-state index contributed by atoms with van der Waals surface area (Å²) < 4.78 is 14.7. The molecule has 5 heteroatoms. The number of hydrogen-bond acceptors (Lipinski definition) is 2. The van der Waals surface area contributed by atoms with E-state index in [-0.39, 0.29) is 0 Å². The van der Waals surface area contributed by atoms with E-state index in [4.69, 9.17) is 4.42 Å². The molecule has 0 saturated heterocycles. The third-order valence-corrected chi connectivity index (χ3v) is 18.5. The molecule has 14 aromatic carbocycles. The van der Waals surface area contributed by atoms with Crippen molar-refractivity contribution in [1.82, 2.24) is 13.7 Å². The quantitative estimate of drug-likeness (QED) is 0.145. The minimum absolute atomic E-state index is 0.463. The molecule has 5 nitrogen and oxygen atoms in total. The van der Waals surface area contributed by atoms with Crippen molar-refractivity contribution in [3.05, 3.63) is 321 Å². The first-order valence-electron chi connectivity index (χ1n) is 30.6. The lowest BCUT2D eigenvalue weighted by atomic mass is 10.0. The molecule has 18 aromatic rings. The number of rotatable bonds is 9. The van der Waals surface area contributed by atoms with Gasteiger partial charge in [-0.3, -0.25) is 0 Å². The maximum Gasteiger partial charge on any atom is 0.163 e. The van der Waals surface area contributed by atoms with Gasteiger partial charge in [-0.05, 0) is 146 Å². The van der Waals surface area contributed by atoms with Gasteiger partial charge in [-0.2, -0.15) is 5.26 Å². The van der Waals surface area contributed by atoms with Crippen LogP contribution in [0.4, 0.5) is 0 Å². The van der Waals surface area contributed by atoms with Crippen LogP contribution in [0.1, 0.15) is 5.56 Å². The number of nitriles is 1. The van der Waals surface area contributed by atoms with Crippen LogP contribution in [0.25, 0.3) is 171 Å². The van der Waals surface area contributed by atoms with E-state index >= 15 is 0 Å². The fraction of sp³-hybridized carbons (Fsp3) is 0. The fourth-order valence-corrected chi connectivity index (χ4v) is 14.3. The average molecular weight is 1150 g/mol. The van der Waals surface area contributed by atoms with Crippen LogP contribution < -0.4 is 0 Å². The van der Waals surface area contributed by atoms with Crippen molar-refractivity contribution in [3.63, 3.8) is 0 Å². The molecule has 18 rings (SSSR count). The Kier molecular flexibility index (Phi) is 11.6. The van der Waals surface area contributed by atoms with E-state index in [1.807, 2.05) is 6.07 Å². The van der Waals surface area contributed by atoms with Gasteiger partial charge in [-0.1, -0.05) is 237 Å². The minimum atomic E-state index is 0.463. The van der Waals surface area contributed by atoms with Crippen LogP contribution in [0.15, 0.2) is 320 Å². The van der Waals surface area contributed by atoms with Crippen molar-refractivity contribution >= 4 is 87.4 Å². The standard InChI is InChI=1S/C85H52N4O/c86-53-73-82(87-74-41-35-60(54-21-7-1-8-22-54)47-67(74)68-48-61(36-42-75(68)87)55-23-9-2-10-24-55)84(89-78-45-39-64(58-29-15-5-16-30-58)51-71(78)72-52-65(40-46-79(72)89)59-31-17-6-18-32-59)81-66-33-19-20-34-80(66)90-85(81)83(73)88-76-43-37-62(56-25-11-3-12-26-56)49-69(76)70-50-63(38-44-77(70)88)57-27-13-4-14-28-57/h1-52H. The second-order valence-electron chi connectivity index (χ2n) is 23.4. The summed E-state index contributed by atoms with van der Waals surface area (Å²) in [5.74, 6) is 0. The van der Waals surface area contributed by atoms with Crippen LogP contribution >= 0.6 is 0 Å². The summed E-state index contributed by atoms with van der Waals surface area (Å²) in [6.07, 6.45) is 0. The van der Waals surface area contributed by atoms with Crippen molar-refractivity contribution < 1.29 is 4.42 Å². The van der Waals surface area contributed by atoms with E-state index in [1.165, 1.54) is 0 Å². The number of fused-ring (bicyclic) bond motifs is 12. The molecule has 0 fully saturated rings. The minimum Gasteiger partial charge on any atom is -0.454 e. The lowest BCUT2D eigenvalue weighted by molar-refractivity contribution is 0.666. The molecule has 0 bridgehead atoms. The van der Waals surface area contributed by atoms with Crippen molar-refractivity contribution in [3.8, 4) is 89.9 Å². The summed E-state index contributed by atoms with van der Waals surface area (Å²) in [6, 6.07) is 116. The van der Waals surface area contributed by atoms with Gasteiger partial charge in [0.25, 0.3) is 0 Å². The molecule has 418 valence electrons. The van der Waals surface area contributed by atoms with Gasteiger partial charge in [0.2, 0.25) is 0 Å². The van der Waals surface area contributed by atoms with Crippen LogP contribution in [0, 0.1) is 11.3 Å². The van der Waals surface area contributed by atoms with E-state index in [9.17, 15) is 5.26 Å². The molecule has 0 unspecified atom stereocenters. The zero-order chi connectivity index (χ0) is 59.4. The molecule has 0 aliphatic heterocycles. The second-order valence-corrected chi connectivity index (χ2v) is 23.4. The highest BCUT2D eigenvalue weighted by Crippen LogP contribution is 2.51. The molecule has 0 amide bonds. The summed E-state index contributed by atoms with van der Waals surface area (Å²) in [4.78, 5) is 0. The van der Waals surface area contributed by atoms with Gasteiger partial charge < -0.3 is 18.1 Å². The predicted molar refractivity (Wildman–Crippen MR) is 374 cm³/mol.